The summed E-state index contributed by atoms with van der Waals surface area (Å²) in [5, 5.41) is 9.16. The molecule has 0 atom stereocenters. The first-order valence-corrected chi connectivity index (χ1v) is 5.81. The van der Waals surface area contributed by atoms with Crippen molar-refractivity contribution in [1.82, 2.24) is 4.90 Å². The second-order valence-corrected chi connectivity index (χ2v) is 4.95. The van der Waals surface area contributed by atoms with Gasteiger partial charge in [-0.05, 0) is 24.6 Å². The molecule has 0 spiro atoms. The Morgan fingerprint density at radius 1 is 1.56 bits per heavy atom. The number of aliphatic hydroxyl groups is 1. The van der Waals surface area contributed by atoms with Crippen molar-refractivity contribution in [1.29, 1.82) is 0 Å². The molecule has 1 aliphatic heterocycles. The summed E-state index contributed by atoms with van der Waals surface area (Å²) >= 11 is 3.32. The van der Waals surface area contributed by atoms with Crippen LogP contribution in [0, 0.1) is 6.92 Å². The highest BCUT2D eigenvalue weighted by Gasteiger charge is 2.30. The van der Waals surface area contributed by atoms with Crippen molar-refractivity contribution in [2.24, 2.45) is 0 Å². The third-order valence-corrected chi connectivity index (χ3v) is 3.25. The molecule has 0 aliphatic carbocycles. The first kappa shape index (κ1) is 11.4. The van der Waals surface area contributed by atoms with E-state index in [9.17, 15) is 4.79 Å². The molecule has 1 aromatic carbocycles. The lowest BCUT2D eigenvalue weighted by molar-refractivity contribution is 0.00584. The monoisotopic (exact) mass is 284 g/mol. The minimum atomic E-state index is -0.381. The highest BCUT2D eigenvalue weighted by molar-refractivity contribution is 9.10. The number of halogens is 1. The van der Waals surface area contributed by atoms with Gasteiger partial charge in [0.2, 0.25) is 0 Å². The number of carbonyl (C=O) groups is 1. The van der Waals surface area contributed by atoms with Crippen LogP contribution in [0.5, 0.6) is 0 Å². The van der Waals surface area contributed by atoms with E-state index in [4.69, 9.17) is 10.8 Å². The number of amides is 1. The van der Waals surface area contributed by atoms with Crippen molar-refractivity contribution in [3.63, 3.8) is 0 Å². The number of hydrogen-bond donors (Lipinski definition) is 2. The van der Waals surface area contributed by atoms with E-state index in [1.807, 2.05) is 6.92 Å². The quantitative estimate of drug-likeness (QED) is 0.761. The van der Waals surface area contributed by atoms with Crippen molar-refractivity contribution >= 4 is 27.5 Å². The van der Waals surface area contributed by atoms with Gasteiger partial charge in [0.15, 0.2) is 0 Å². The summed E-state index contributed by atoms with van der Waals surface area (Å²) in [5.74, 6) is -0.0733. The van der Waals surface area contributed by atoms with Gasteiger partial charge in [-0.25, -0.2) is 0 Å². The van der Waals surface area contributed by atoms with E-state index >= 15 is 0 Å². The molecule has 0 unspecified atom stereocenters. The second kappa shape index (κ2) is 4.07. The molecule has 1 amide bonds. The predicted octanol–water partition coefficient (Wildman–Crippen LogP) is 1.16. The lowest BCUT2D eigenvalue weighted by atomic mass is 10.0. The Hall–Kier alpha value is -1.07. The number of nitrogens with zero attached hydrogens (tertiary/aromatic N) is 1. The lowest BCUT2D eigenvalue weighted by Gasteiger charge is -2.36. The Kier molecular flexibility index (Phi) is 2.90. The maximum absolute atomic E-state index is 12.0. The molecular weight excluding hydrogens is 272 g/mol. The van der Waals surface area contributed by atoms with Crippen LogP contribution in [0.2, 0.25) is 0 Å². The Labute approximate surface area is 102 Å². The van der Waals surface area contributed by atoms with Gasteiger partial charge in [0, 0.05) is 28.8 Å². The fraction of sp³-hybridized carbons (Fsp3) is 0.364. The van der Waals surface area contributed by atoms with Crippen LogP contribution < -0.4 is 5.73 Å². The molecule has 1 aromatic rings. The number of rotatable bonds is 1. The van der Waals surface area contributed by atoms with E-state index < -0.39 is 0 Å². The summed E-state index contributed by atoms with van der Waals surface area (Å²) in [6.07, 6.45) is -0.381. The van der Waals surface area contributed by atoms with Crippen molar-refractivity contribution in [3.05, 3.63) is 27.7 Å². The molecule has 1 heterocycles. The van der Waals surface area contributed by atoms with Crippen LogP contribution in [-0.2, 0) is 0 Å². The van der Waals surface area contributed by atoms with Gasteiger partial charge >= 0.3 is 0 Å². The van der Waals surface area contributed by atoms with E-state index in [0.717, 1.165) is 10.0 Å². The molecule has 0 saturated carbocycles. The summed E-state index contributed by atoms with van der Waals surface area (Å²) in [6, 6.07) is 3.54. The van der Waals surface area contributed by atoms with Crippen LogP contribution in [0.25, 0.3) is 0 Å². The van der Waals surface area contributed by atoms with E-state index in [1.165, 1.54) is 0 Å². The van der Waals surface area contributed by atoms with Crippen LogP contribution in [0.1, 0.15) is 15.9 Å². The second-order valence-electron chi connectivity index (χ2n) is 4.03. The Morgan fingerprint density at radius 3 is 2.75 bits per heavy atom. The molecule has 1 aliphatic rings. The van der Waals surface area contributed by atoms with Gasteiger partial charge in [-0.2, -0.15) is 0 Å². The van der Waals surface area contributed by atoms with E-state index in [-0.39, 0.29) is 12.0 Å². The maximum Gasteiger partial charge on any atom is 0.254 e. The van der Waals surface area contributed by atoms with E-state index in [2.05, 4.69) is 15.9 Å². The third-order valence-electron chi connectivity index (χ3n) is 2.79. The number of anilines is 1. The fourth-order valence-electron chi connectivity index (χ4n) is 1.71. The SMILES string of the molecule is Cc1c(N)cc(Br)cc1C(=O)N1CC(O)C1. The Balaban J connectivity index is 2.29. The summed E-state index contributed by atoms with van der Waals surface area (Å²) in [5.41, 5.74) is 7.77. The van der Waals surface area contributed by atoms with Crippen LogP contribution in [0.15, 0.2) is 16.6 Å². The molecule has 86 valence electrons. The summed E-state index contributed by atoms with van der Waals surface area (Å²) in [6.45, 7) is 2.64. The molecule has 3 N–H and O–H groups in total. The molecule has 4 nitrogen and oxygen atoms in total. The Bertz CT molecular complexity index is 442. The summed E-state index contributed by atoms with van der Waals surface area (Å²) in [4.78, 5) is 13.6. The van der Waals surface area contributed by atoms with Gasteiger partial charge in [-0.3, -0.25) is 4.79 Å². The molecule has 2 rings (SSSR count). The number of nitrogens with two attached hydrogens (primary N) is 1. The molecule has 0 bridgehead atoms. The highest BCUT2D eigenvalue weighted by Crippen LogP contribution is 2.25. The van der Waals surface area contributed by atoms with Crippen molar-refractivity contribution < 1.29 is 9.90 Å². The summed E-state index contributed by atoms with van der Waals surface area (Å²) in [7, 11) is 0. The van der Waals surface area contributed by atoms with Gasteiger partial charge < -0.3 is 15.7 Å². The van der Waals surface area contributed by atoms with Gasteiger partial charge in [-0.1, -0.05) is 15.9 Å². The van der Waals surface area contributed by atoms with Crippen LogP contribution >= 0.6 is 15.9 Å². The predicted molar refractivity (Wildman–Crippen MR) is 65.2 cm³/mol. The van der Waals surface area contributed by atoms with E-state index in [1.54, 1.807) is 17.0 Å². The van der Waals surface area contributed by atoms with Crippen LogP contribution in [-0.4, -0.2) is 35.1 Å². The highest BCUT2D eigenvalue weighted by atomic mass is 79.9. The third kappa shape index (κ3) is 1.92. The van der Waals surface area contributed by atoms with Gasteiger partial charge in [0.1, 0.15) is 0 Å². The molecule has 5 heteroatoms. The number of aliphatic hydroxyl groups excluding tert-OH is 1. The molecule has 16 heavy (non-hydrogen) atoms. The first-order chi connectivity index (χ1) is 7.49. The van der Waals surface area contributed by atoms with Gasteiger partial charge in [0.25, 0.3) is 5.91 Å². The van der Waals surface area contributed by atoms with Crippen LogP contribution in [0.4, 0.5) is 5.69 Å². The maximum atomic E-state index is 12.0. The van der Waals surface area contributed by atoms with Crippen molar-refractivity contribution in [2.45, 2.75) is 13.0 Å². The zero-order valence-electron chi connectivity index (χ0n) is 8.90. The summed E-state index contributed by atoms with van der Waals surface area (Å²) < 4.78 is 0.792. The Morgan fingerprint density at radius 2 is 2.19 bits per heavy atom. The van der Waals surface area contributed by atoms with E-state index in [0.29, 0.717) is 24.3 Å². The normalized spacial score (nSPS) is 16.1. The number of benzene rings is 1. The lowest BCUT2D eigenvalue weighted by Crippen LogP contribution is -2.53. The smallest absolute Gasteiger partial charge is 0.254 e. The number of β-amino-alcohol motifs (C(OH)–C–C–N with tert-alkyl or cyclic N) is 1. The standard InChI is InChI=1S/C11H13BrN2O2/c1-6-9(2-7(12)3-10(6)13)11(16)14-4-8(15)5-14/h2-3,8,15H,4-5,13H2,1H3. The molecule has 1 fully saturated rings. The number of carbonyl (C=O) groups excluding carboxylic acids is 1. The average Bonchev–Trinajstić information content (AvgIpc) is 2.18. The minimum Gasteiger partial charge on any atom is -0.398 e. The largest absolute Gasteiger partial charge is 0.398 e. The molecular formula is C11H13BrN2O2. The molecule has 0 radical (unpaired) electrons. The number of likely N-dealkylation sites (tertiary alicyclic amines) is 1. The average molecular weight is 285 g/mol. The van der Waals surface area contributed by atoms with Crippen molar-refractivity contribution in [2.75, 3.05) is 18.8 Å². The number of hydrogen-bond acceptors (Lipinski definition) is 3. The molecule has 0 aromatic heterocycles. The first-order valence-electron chi connectivity index (χ1n) is 5.02. The van der Waals surface area contributed by atoms with Gasteiger partial charge in [0.05, 0.1) is 6.10 Å². The topological polar surface area (TPSA) is 66.6 Å². The fourth-order valence-corrected chi connectivity index (χ4v) is 2.19. The molecule has 1 saturated heterocycles. The van der Waals surface area contributed by atoms with Crippen LogP contribution in [0.3, 0.4) is 0 Å². The number of nitrogen functional groups attached to an aromatic ring is 1. The zero-order chi connectivity index (χ0) is 11.9. The zero-order valence-corrected chi connectivity index (χ0v) is 10.5. The van der Waals surface area contributed by atoms with Gasteiger partial charge in [-0.15, -0.1) is 0 Å². The minimum absolute atomic E-state index is 0.0733. The van der Waals surface area contributed by atoms with Crippen molar-refractivity contribution in [3.8, 4) is 0 Å².